The lowest BCUT2D eigenvalue weighted by Crippen LogP contribution is -2.28. The standard InChI is InChI=1S/C12H19NO5S/c1-12(2,3)18-11(14)8-19(15,16)7-10-5-4-9(6-13)17-10/h4-5H,6-8,13H2,1-3H3. The number of hydrogen-bond donors (Lipinski definition) is 1. The van der Waals surface area contributed by atoms with Crippen molar-refractivity contribution in [1.29, 1.82) is 0 Å². The molecule has 0 aliphatic rings. The molecule has 1 aromatic rings. The van der Waals surface area contributed by atoms with Crippen LogP contribution < -0.4 is 5.73 Å². The largest absolute Gasteiger partial charge is 0.464 e. The average Bonchev–Trinajstić information content (AvgIpc) is 2.60. The maximum absolute atomic E-state index is 11.8. The maximum Gasteiger partial charge on any atom is 0.321 e. The van der Waals surface area contributed by atoms with Crippen molar-refractivity contribution in [1.82, 2.24) is 0 Å². The van der Waals surface area contributed by atoms with Crippen LogP contribution in [0.1, 0.15) is 32.3 Å². The van der Waals surface area contributed by atoms with E-state index in [1.54, 1.807) is 26.8 Å². The zero-order valence-corrected chi connectivity index (χ0v) is 12.1. The van der Waals surface area contributed by atoms with Gasteiger partial charge in [-0.1, -0.05) is 0 Å². The van der Waals surface area contributed by atoms with Gasteiger partial charge >= 0.3 is 5.97 Å². The smallest absolute Gasteiger partial charge is 0.321 e. The summed E-state index contributed by atoms with van der Waals surface area (Å²) in [5, 5.41) is 0. The Morgan fingerprint density at radius 2 is 1.89 bits per heavy atom. The number of esters is 1. The van der Waals surface area contributed by atoms with Crippen molar-refractivity contribution in [2.24, 2.45) is 5.73 Å². The molecule has 1 aromatic heterocycles. The van der Waals surface area contributed by atoms with Crippen molar-refractivity contribution >= 4 is 15.8 Å². The number of rotatable bonds is 5. The van der Waals surface area contributed by atoms with E-state index in [4.69, 9.17) is 14.9 Å². The molecule has 0 atom stereocenters. The molecule has 0 bridgehead atoms. The van der Waals surface area contributed by atoms with Crippen LogP contribution in [0, 0.1) is 0 Å². The summed E-state index contributed by atoms with van der Waals surface area (Å²) in [6, 6.07) is 3.15. The summed E-state index contributed by atoms with van der Waals surface area (Å²) >= 11 is 0. The molecule has 19 heavy (non-hydrogen) atoms. The summed E-state index contributed by atoms with van der Waals surface area (Å²) in [6.07, 6.45) is 0. The second kappa shape index (κ2) is 5.75. The first-order valence-corrected chi connectivity index (χ1v) is 7.63. The van der Waals surface area contributed by atoms with Gasteiger partial charge in [0.15, 0.2) is 9.84 Å². The second-order valence-corrected chi connectivity index (χ2v) is 7.26. The molecular formula is C12H19NO5S. The SMILES string of the molecule is CC(C)(C)OC(=O)CS(=O)(=O)Cc1ccc(CN)o1. The Morgan fingerprint density at radius 3 is 2.37 bits per heavy atom. The number of nitrogens with two attached hydrogens (primary N) is 1. The molecule has 0 fully saturated rings. The van der Waals surface area contributed by atoms with E-state index < -0.39 is 27.2 Å². The highest BCUT2D eigenvalue weighted by molar-refractivity contribution is 7.91. The number of carbonyl (C=O) groups excluding carboxylic acids is 1. The summed E-state index contributed by atoms with van der Waals surface area (Å²) < 4.78 is 33.8. The Kier molecular flexibility index (Phi) is 4.75. The van der Waals surface area contributed by atoms with Crippen molar-refractivity contribution in [3.05, 3.63) is 23.7 Å². The predicted octanol–water partition coefficient (Wildman–Crippen LogP) is 0.995. The van der Waals surface area contributed by atoms with E-state index in [0.717, 1.165) is 0 Å². The molecule has 2 N–H and O–H groups in total. The lowest BCUT2D eigenvalue weighted by Gasteiger charge is -2.19. The Morgan fingerprint density at radius 1 is 1.32 bits per heavy atom. The molecule has 0 saturated heterocycles. The molecule has 0 saturated carbocycles. The summed E-state index contributed by atoms with van der Waals surface area (Å²) in [5.74, 6) is -1.00. The first-order chi connectivity index (χ1) is 8.61. The molecule has 0 unspecified atom stereocenters. The van der Waals surface area contributed by atoms with Gasteiger partial charge in [0, 0.05) is 0 Å². The molecule has 0 aromatic carbocycles. The summed E-state index contributed by atoms with van der Waals surface area (Å²) in [6.45, 7) is 5.23. The Balaban J connectivity index is 2.64. The molecule has 6 nitrogen and oxygen atoms in total. The van der Waals surface area contributed by atoms with E-state index in [1.807, 2.05) is 0 Å². The number of ether oxygens (including phenoxy) is 1. The molecule has 1 heterocycles. The van der Waals surface area contributed by atoms with Gasteiger partial charge < -0.3 is 14.9 Å². The molecule has 0 aliphatic heterocycles. The number of furan rings is 1. The third kappa shape index (κ3) is 5.89. The summed E-state index contributed by atoms with van der Waals surface area (Å²) in [5.41, 5.74) is 4.66. The van der Waals surface area contributed by atoms with E-state index in [2.05, 4.69) is 0 Å². The maximum atomic E-state index is 11.8. The van der Waals surface area contributed by atoms with Crippen molar-refractivity contribution < 1.29 is 22.4 Å². The quantitative estimate of drug-likeness (QED) is 0.812. The molecule has 7 heteroatoms. The highest BCUT2D eigenvalue weighted by atomic mass is 32.2. The van der Waals surface area contributed by atoms with Gasteiger partial charge in [0.2, 0.25) is 0 Å². The minimum atomic E-state index is -3.61. The molecule has 0 amide bonds. The summed E-state index contributed by atoms with van der Waals surface area (Å²) in [7, 11) is -3.61. The van der Waals surface area contributed by atoms with E-state index in [-0.39, 0.29) is 18.1 Å². The van der Waals surface area contributed by atoms with Gasteiger partial charge in [0.05, 0.1) is 6.54 Å². The zero-order chi connectivity index (χ0) is 14.7. The highest BCUT2D eigenvalue weighted by Gasteiger charge is 2.24. The van der Waals surface area contributed by atoms with Crippen molar-refractivity contribution in [2.45, 2.75) is 38.7 Å². The number of sulfone groups is 1. The number of carbonyl (C=O) groups is 1. The molecule has 0 spiro atoms. The van der Waals surface area contributed by atoms with Crippen LogP contribution in [0.5, 0.6) is 0 Å². The number of hydrogen-bond acceptors (Lipinski definition) is 6. The molecule has 108 valence electrons. The predicted molar refractivity (Wildman–Crippen MR) is 69.9 cm³/mol. The van der Waals surface area contributed by atoms with Crippen molar-refractivity contribution in [2.75, 3.05) is 5.75 Å². The van der Waals surface area contributed by atoms with Gasteiger partial charge in [-0.05, 0) is 32.9 Å². The third-order valence-corrected chi connectivity index (χ3v) is 3.44. The fourth-order valence-electron chi connectivity index (χ4n) is 1.43. The van der Waals surface area contributed by atoms with E-state index in [9.17, 15) is 13.2 Å². The van der Waals surface area contributed by atoms with Gasteiger partial charge in [0.25, 0.3) is 0 Å². The second-order valence-electron chi connectivity index (χ2n) is 5.19. The minimum absolute atomic E-state index is 0.201. The molecule has 1 rings (SSSR count). The average molecular weight is 289 g/mol. The van der Waals surface area contributed by atoms with E-state index in [1.165, 1.54) is 6.07 Å². The first kappa shape index (κ1) is 15.7. The van der Waals surface area contributed by atoms with E-state index in [0.29, 0.717) is 5.76 Å². The van der Waals surface area contributed by atoms with Gasteiger partial charge in [-0.15, -0.1) is 0 Å². The zero-order valence-electron chi connectivity index (χ0n) is 11.3. The third-order valence-electron chi connectivity index (χ3n) is 2.04. The van der Waals surface area contributed by atoms with Crippen LogP contribution in [0.25, 0.3) is 0 Å². The lowest BCUT2D eigenvalue weighted by molar-refractivity contribution is -0.151. The van der Waals surface area contributed by atoms with Crippen molar-refractivity contribution in [3.8, 4) is 0 Å². The first-order valence-electron chi connectivity index (χ1n) is 5.81. The van der Waals surface area contributed by atoms with Gasteiger partial charge in [-0.2, -0.15) is 0 Å². The minimum Gasteiger partial charge on any atom is -0.464 e. The summed E-state index contributed by atoms with van der Waals surface area (Å²) in [4.78, 5) is 11.5. The van der Waals surface area contributed by atoms with E-state index >= 15 is 0 Å². The van der Waals surface area contributed by atoms with Crippen LogP contribution in [0.3, 0.4) is 0 Å². The van der Waals surface area contributed by atoms with Crippen LogP contribution >= 0.6 is 0 Å². The van der Waals surface area contributed by atoms with Gasteiger partial charge in [0.1, 0.15) is 28.6 Å². The lowest BCUT2D eigenvalue weighted by atomic mass is 10.2. The Hall–Kier alpha value is -1.34. The molecule has 0 aliphatic carbocycles. The monoisotopic (exact) mass is 289 g/mol. The van der Waals surface area contributed by atoms with Gasteiger partial charge in [-0.3, -0.25) is 4.79 Å². The van der Waals surface area contributed by atoms with Crippen molar-refractivity contribution in [3.63, 3.8) is 0 Å². The van der Waals surface area contributed by atoms with Crippen LogP contribution in [0.2, 0.25) is 0 Å². The normalized spacial score (nSPS) is 12.4. The topological polar surface area (TPSA) is 99.6 Å². The fraction of sp³-hybridized carbons (Fsp3) is 0.583. The molecular weight excluding hydrogens is 270 g/mol. The molecule has 0 radical (unpaired) electrons. The van der Waals surface area contributed by atoms with Crippen LogP contribution in [-0.4, -0.2) is 25.7 Å². The van der Waals surface area contributed by atoms with Crippen LogP contribution in [0.15, 0.2) is 16.5 Å². The Bertz CT molecular complexity index is 539. The van der Waals surface area contributed by atoms with Gasteiger partial charge in [-0.25, -0.2) is 8.42 Å². The highest BCUT2D eigenvalue weighted by Crippen LogP contribution is 2.13. The van der Waals surface area contributed by atoms with Crippen LogP contribution in [-0.2, 0) is 31.7 Å². The van der Waals surface area contributed by atoms with Crippen LogP contribution in [0.4, 0.5) is 0 Å². The Labute approximate surface area is 112 Å². The fourth-order valence-corrected chi connectivity index (χ4v) is 2.54.